The smallest absolute Gasteiger partial charge is 0.307 e. The number of nitrogens with one attached hydrogen (secondary N) is 3. The minimum absolute atomic E-state index is 0.420. The summed E-state index contributed by atoms with van der Waals surface area (Å²) in [5, 5.41) is 4.77. The van der Waals surface area contributed by atoms with Crippen LogP contribution in [0.3, 0.4) is 0 Å². The predicted molar refractivity (Wildman–Crippen MR) is 99.7 cm³/mol. The summed E-state index contributed by atoms with van der Waals surface area (Å²) in [5.41, 5.74) is 6.21. The number of hydrogen-bond donors (Lipinski definition) is 3. The fourth-order valence-corrected chi connectivity index (χ4v) is 2.41. The van der Waals surface area contributed by atoms with E-state index in [1.165, 1.54) is 6.08 Å². The Morgan fingerprint density at radius 3 is 2.32 bits per heavy atom. The van der Waals surface area contributed by atoms with E-state index >= 15 is 0 Å². The summed E-state index contributed by atoms with van der Waals surface area (Å²) in [5.74, 6) is -0.420. The molecule has 0 bridgehead atoms. The molecule has 0 saturated carbocycles. The maximum atomic E-state index is 11.9. The lowest BCUT2D eigenvalue weighted by Gasteiger charge is -2.07. The van der Waals surface area contributed by atoms with Crippen molar-refractivity contribution in [2.45, 2.75) is 0 Å². The normalized spacial score (nSPS) is 10.6. The van der Waals surface area contributed by atoms with Crippen molar-refractivity contribution < 1.29 is 9.59 Å². The predicted octanol–water partition coefficient (Wildman–Crippen LogP) is 3.71. The van der Waals surface area contributed by atoms with E-state index in [0.29, 0.717) is 5.69 Å². The molecule has 0 unspecified atom stereocenters. The molecule has 0 aliphatic rings. The van der Waals surface area contributed by atoms with E-state index in [4.69, 9.17) is 0 Å². The van der Waals surface area contributed by atoms with Gasteiger partial charge < -0.3 is 5.32 Å². The van der Waals surface area contributed by atoms with Crippen molar-refractivity contribution in [1.82, 2.24) is 10.9 Å². The summed E-state index contributed by atoms with van der Waals surface area (Å²) in [6, 6.07) is 22.3. The summed E-state index contributed by atoms with van der Waals surface area (Å²) in [6.07, 6.45) is 3.10. The second-order valence-electron chi connectivity index (χ2n) is 5.34. The van der Waals surface area contributed by atoms with E-state index < -0.39 is 11.9 Å². The number of anilines is 1. The lowest BCUT2D eigenvalue weighted by atomic mass is 10.0. The highest BCUT2D eigenvalue weighted by molar-refractivity contribution is 5.98. The molecule has 0 aliphatic heterocycles. The van der Waals surface area contributed by atoms with Crippen molar-refractivity contribution in [3.63, 3.8) is 0 Å². The molecule has 0 aliphatic carbocycles. The zero-order valence-electron chi connectivity index (χ0n) is 13.4. The highest BCUT2D eigenvalue weighted by Crippen LogP contribution is 2.19. The second kappa shape index (κ2) is 7.79. The first-order chi connectivity index (χ1) is 12.2. The van der Waals surface area contributed by atoms with Crippen molar-refractivity contribution in [1.29, 1.82) is 0 Å². The van der Waals surface area contributed by atoms with Crippen molar-refractivity contribution in [3.05, 3.63) is 84.4 Å². The Morgan fingerprint density at radius 2 is 1.48 bits per heavy atom. The summed E-state index contributed by atoms with van der Waals surface area (Å²) >= 11 is 0. The van der Waals surface area contributed by atoms with E-state index in [9.17, 15) is 9.59 Å². The van der Waals surface area contributed by atoms with Gasteiger partial charge in [-0.2, -0.15) is 0 Å². The molecule has 3 amide bonds. The van der Waals surface area contributed by atoms with Crippen LogP contribution in [0.15, 0.2) is 78.9 Å². The quantitative estimate of drug-likeness (QED) is 0.506. The third-order valence-electron chi connectivity index (χ3n) is 3.57. The summed E-state index contributed by atoms with van der Waals surface area (Å²) in [7, 11) is 0. The number of carbonyl (C=O) groups is 2. The molecule has 0 fully saturated rings. The number of urea groups is 1. The number of fused-ring (bicyclic) bond motifs is 1. The van der Waals surface area contributed by atoms with Crippen LogP contribution < -0.4 is 16.2 Å². The van der Waals surface area contributed by atoms with Crippen molar-refractivity contribution in [2.75, 3.05) is 5.32 Å². The average Bonchev–Trinajstić information content (AvgIpc) is 2.65. The molecular formula is C20H17N3O2. The molecule has 5 heteroatoms. The van der Waals surface area contributed by atoms with E-state index in [1.807, 2.05) is 48.5 Å². The van der Waals surface area contributed by atoms with Gasteiger partial charge in [0.2, 0.25) is 0 Å². The fraction of sp³-hybridized carbons (Fsp3) is 0. The minimum atomic E-state index is -0.516. The first-order valence-electron chi connectivity index (χ1n) is 7.80. The molecule has 5 nitrogen and oxygen atoms in total. The largest absolute Gasteiger partial charge is 0.337 e. The monoisotopic (exact) mass is 331 g/mol. The van der Waals surface area contributed by atoms with Crippen molar-refractivity contribution in [3.8, 4) is 0 Å². The Hall–Kier alpha value is -3.60. The van der Waals surface area contributed by atoms with Gasteiger partial charge in [0.15, 0.2) is 0 Å². The molecule has 0 saturated heterocycles. The molecule has 3 aromatic carbocycles. The van der Waals surface area contributed by atoms with Crippen LogP contribution in [0, 0.1) is 0 Å². The summed E-state index contributed by atoms with van der Waals surface area (Å²) in [6.45, 7) is 0. The highest BCUT2D eigenvalue weighted by Gasteiger charge is 2.02. The van der Waals surface area contributed by atoms with Gasteiger partial charge in [0, 0.05) is 11.8 Å². The van der Waals surface area contributed by atoms with Gasteiger partial charge in [-0.3, -0.25) is 10.2 Å². The molecule has 25 heavy (non-hydrogen) atoms. The van der Waals surface area contributed by atoms with Crippen molar-refractivity contribution in [2.24, 2.45) is 0 Å². The average molecular weight is 331 g/mol. The Morgan fingerprint density at radius 1 is 0.760 bits per heavy atom. The Labute approximate surface area is 145 Å². The molecule has 3 aromatic rings. The topological polar surface area (TPSA) is 70.2 Å². The standard InChI is InChI=1S/C20H17N3O2/c24-19(22-23-20(25)21-17-10-2-1-3-11-17)14-13-16-9-6-8-15-7-4-5-12-18(15)16/h1-14H,(H,22,24)(H2,21,23,25)/b14-13+. The van der Waals surface area contributed by atoms with E-state index in [0.717, 1.165) is 16.3 Å². The number of amides is 3. The number of hydrogen-bond acceptors (Lipinski definition) is 2. The summed E-state index contributed by atoms with van der Waals surface area (Å²) in [4.78, 5) is 23.6. The summed E-state index contributed by atoms with van der Waals surface area (Å²) < 4.78 is 0. The third-order valence-corrected chi connectivity index (χ3v) is 3.57. The number of hydrazine groups is 1. The Balaban J connectivity index is 1.57. The maximum Gasteiger partial charge on any atom is 0.337 e. The second-order valence-corrected chi connectivity index (χ2v) is 5.34. The van der Waals surface area contributed by atoms with Gasteiger partial charge in [-0.15, -0.1) is 0 Å². The number of para-hydroxylation sites is 1. The van der Waals surface area contributed by atoms with Crippen LogP contribution in [-0.2, 0) is 4.79 Å². The lowest BCUT2D eigenvalue weighted by molar-refractivity contribution is -0.117. The Bertz CT molecular complexity index is 915. The first-order valence-corrected chi connectivity index (χ1v) is 7.80. The molecular weight excluding hydrogens is 314 g/mol. The van der Waals surface area contributed by atoms with Gasteiger partial charge in [0.05, 0.1) is 0 Å². The van der Waals surface area contributed by atoms with Crippen LogP contribution in [0.25, 0.3) is 16.8 Å². The molecule has 0 radical (unpaired) electrons. The first kappa shape index (κ1) is 16.3. The highest BCUT2D eigenvalue weighted by atomic mass is 16.2. The molecule has 0 spiro atoms. The van der Waals surface area contributed by atoms with E-state index in [-0.39, 0.29) is 0 Å². The van der Waals surface area contributed by atoms with Crippen LogP contribution >= 0.6 is 0 Å². The van der Waals surface area contributed by atoms with Gasteiger partial charge in [0.1, 0.15) is 0 Å². The molecule has 3 rings (SSSR count). The Kier molecular flexibility index (Phi) is 5.07. The lowest BCUT2D eigenvalue weighted by Crippen LogP contribution is -2.43. The SMILES string of the molecule is O=C(/C=C/c1cccc2ccccc12)NNC(=O)Nc1ccccc1. The molecule has 124 valence electrons. The van der Waals surface area contributed by atoms with Crippen LogP contribution in [0.5, 0.6) is 0 Å². The van der Waals surface area contributed by atoms with E-state index in [1.54, 1.807) is 30.3 Å². The zero-order valence-corrected chi connectivity index (χ0v) is 13.4. The molecule has 3 N–H and O–H groups in total. The van der Waals surface area contributed by atoms with Gasteiger partial charge in [-0.25, -0.2) is 10.2 Å². The van der Waals surface area contributed by atoms with Crippen LogP contribution in [0.1, 0.15) is 5.56 Å². The van der Waals surface area contributed by atoms with Crippen LogP contribution in [0.2, 0.25) is 0 Å². The van der Waals surface area contributed by atoms with Crippen LogP contribution in [0.4, 0.5) is 10.5 Å². The van der Waals surface area contributed by atoms with E-state index in [2.05, 4.69) is 16.2 Å². The molecule has 0 heterocycles. The number of carbonyl (C=O) groups excluding carboxylic acids is 2. The van der Waals surface area contributed by atoms with Crippen LogP contribution in [-0.4, -0.2) is 11.9 Å². The third kappa shape index (κ3) is 4.45. The fourth-order valence-electron chi connectivity index (χ4n) is 2.41. The minimum Gasteiger partial charge on any atom is -0.307 e. The van der Waals surface area contributed by atoms with Gasteiger partial charge in [0.25, 0.3) is 5.91 Å². The van der Waals surface area contributed by atoms with Gasteiger partial charge >= 0.3 is 6.03 Å². The van der Waals surface area contributed by atoms with Crippen molar-refractivity contribution >= 4 is 34.5 Å². The molecule has 0 atom stereocenters. The number of rotatable bonds is 3. The maximum absolute atomic E-state index is 11.9. The van der Waals surface area contributed by atoms with Gasteiger partial charge in [-0.1, -0.05) is 60.7 Å². The zero-order chi connectivity index (χ0) is 17.5. The van der Waals surface area contributed by atoms with Gasteiger partial charge in [-0.05, 0) is 34.5 Å². The molecule has 0 aromatic heterocycles. The number of benzene rings is 3.